The summed E-state index contributed by atoms with van der Waals surface area (Å²) in [5.41, 5.74) is 1.87. The van der Waals surface area contributed by atoms with Gasteiger partial charge in [0.1, 0.15) is 11.1 Å². The zero-order chi connectivity index (χ0) is 16.4. The molecule has 0 aliphatic heterocycles. The summed E-state index contributed by atoms with van der Waals surface area (Å²) < 4.78 is 0. The van der Waals surface area contributed by atoms with Gasteiger partial charge in [0.05, 0.1) is 10.5 Å². The standard InChI is InChI=1S/C16H13N3O3S/c17-8-12-11-3-1-2-4-15(11)23-16(12)18-9-10-5-6-14(20)13(7-10)19(21)22/h5-7,9,20H,1-4H2/b18-9+. The molecule has 0 atom stereocenters. The summed E-state index contributed by atoms with van der Waals surface area (Å²) in [6.45, 7) is 0. The van der Waals surface area contributed by atoms with Gasteiger partial charge in [0.15, 0.2) is 5.75 Å². The third kappa shape index (κ3) is 2.94. The Morgan fingerprint density at radius 3 is 2.91 bits per heavy atom. The van der Waals surface area contributed by atoms with E-state index in [1.807, 2.05) is 0 Å². The van der Waals surface area contributed by atoms with Gasteiger partial charge in [-0.05, 0) is 48.9 Å². The number of rotatable bonds is 3. The lowest BCUT2D eigenvalue weighted by Crippen LogP contribution is -1.99. The molecule has 0 saturated carbocycles. The van der Waals surface area contributed by atoms with Crippen LogP contribution in [0.2, 0.25) is 0 Å². The Morgan fingerprint density at radius 1 is 1.39 bits per heavy atom. The Balaban J connectivity index is 1.95. The van der Waals surface area contributed by atoms with Crippen molar-refractivity contribution in [1.29, 1.82) is 5.26 Å². The molecule has 0 fully saturated rings. The quantitative estimate of drug-likeness (QED) is 0.525. The van der Waals surface area contributed by atoms with Gasteiger partial charge in [-0.2, -0.15) is 5.26 Å². The van der Waals surface area contributed by atoms with Crippen molar-refractivity contribution in [2.24, 2.45) is 4.99 Å². The molecule has 1 aliphatic carbocycles. The summed E-state index contributed by atoms with van der Waals surface area (Å²) >= 11 is 1.52. The number of nitriles is 1. The molecule has 7 heteroatoms. The predicted octanol–water partition coefficient (Wildman–Crippen LogP) is 3.86. The molecule has 0 unspecified atom stereocenters. The van der Waals surface area contributed by atoms with Crippen LogP contribution < -0.4 is 0 Å². The Labute approximate surface area is 136 Å². The first-order valence-corrected chi connectivity index (χ1v) is 7.98. The minimum atomic E-state index is -0.642. The number of nitro groups is 1. The number of phenolic OH excluding ortho intramolecular Hbond substituents is 1. The molecular formula is C16H13N3O3S. The second-order valence-corrected chi connectivity index (χ2v) is 6.35. The lowest BCUT2D eigenvalue weighted by atomic mass is 9.96. The van der Waals surface area contributed by atoms with Crippen molar-refractivity contribution >= 4 is 28.2 Å². The van der Waals surface area contributed by atoms with Crippen molar-refractivity contribution in [1.82, 2.24) is 0 Å². The number of nitro benzene ring substituents is 1. The molecule has 1 aromatic carbocycles. The van der Waals surface area contributed by atoms with Crippen LogP contribution in [0, 0.1) is 21.4 Å². The fourth-order valence-corrected chi connectivity index (χ4v) is 3.84. The van der Waals surface area contributed by atoms with E-state index in [2.05, 4.69) is 11.1 Å². The number of hydrogen-bond donors (Lipinski definition) is 1. The van der Waals surface area contributed by atoms with Crippen LogP contribution in [-0.2, 0) is 12.8 Å². The van der Waals surface area contributed by atoms with Gasteiger partial charge in [0.2, 0.25) is 0 Å². The van der Waals surface area contributed by atoms with Crippen molar-refractivity contribution in [3.63, 3.8) is 0 Å². The highest BCUT2D eigenvalue weighted by Crippen LogP contribution is 2.39. The van der Waals surface area contributed by atoms with E-state index >= 15 is 0 Å². The Morgan fingerprint density at radius 2 is 2.17 bits per heavy atom. The SMILES string of the molecule is N#Cc1c(/N=C/c2ccc(O)c([N+](=O)[O-])c2)sc2c1CCCC2. The molecule has 0 saturated heterocycles. The van der Waals surface area contributed by atoms with E-state index in [1.54, 1.807) is 6.07 Å². The van der Waals surface area contributed by atoms with Gasteiger partial charge in [0, 0.05) is 17.2 Å². The van der Waals surface area contributed by atoms with Gasteiger partial charge < -0.3 is 5.11 Å². The lowest BCUT2D eigenvalue weighted by Gasteiger charge is -2.09. The first kappa shape index (κ1) is 15.2. The summed E-state index contributed by atoms with van der Waals surface area (Å²) in [5.74, 6) is -0.378. The highest BCUT2D eigenvalue weighted by molar-refractivity contribution is 7.16. The molecule has 23 heavy (non-hydrogen) atoms. The van der Waals surface area contributed by atoms with Crippen LogP contribution in [0.15, 0.2) is 23.2 Å². The molecule has 0 radical (unpaired) electrons. The Hall–Kier alpha value is -2.72. The second kappa shape index (κ2) is 6.18. The monoisotopic (exact) mass is 327 g/mol. The summed E-state index contributed by atoms with van der Waals surface area (Å²) in [5, 5.41) is 30.3. The van der Waals surface area contributed by atoms with Gasteiger partial charge >= 0.3 is 5.69 Å². The number of benzene rings is 1. The summed E-state index contributed by atoms with van der Waals surface area (Å²) in [6.07, 6.45) is 5.60. The van der Waals surface area contributed by atoms with Crippen LogP contribution in [-0.4, -0.2) is 16.2 Å². The van der Waals surface area contributed by atoms with Gasteiger partial charge in [-0.15, -0.1) is 11.3 Å². The fourth-order valence-electron chi connectivity index (χ4n) is 2.66. The molecular weight excluding hydrogens is 314 g/mol. The van der Waals surface area contributed by atoms with Crippen molar-refractivity contribution in [2.75, 3.05) is 0 Å². The van der Waals surface area contributed by atoms with Gasteiger partial charge in [-0.25, -0.2) is 4.99 Å². The summed E-state index contributed by atoms with van der Waals surface area (Å²) in [6, 6.07) is 6.30. The van der Waals surface area contributed by atoms with Crippen molar-refractivity contribution in [3.8, 4) is 11.8 Å². The van der Waals surface area contributed by atoms with E-state index in [0.29, 0.717) is 16.1 Å². The topological polar surface area (TPSA) is 99.5 Å². The zero-order valence-electron chi connectivity index (χ0n) is 12.2. The van der Waals surface area contributed by atoms with Crippen LogP contribution in [0.5, 0.6) is 5.75 Å². The van der Waals surface area contributed by atoms with Crippen molar-refractivity contribution in [2.45, 2.75) is 25.7 Å². The highest BCUT2D eigenvalue weighted by Gasteiger charge is 2.20. The molecule has 0 bridgehead atoms. The van der Waals surface area contributed by atoms with E-state index in [-0.39, 0.29) is 11.4 Å². The molecule has 2 aromatic rings. The fraction of sp³-hybridized carbons (Fsp3) is 0.250. The number of aryl methyl sites for hydroxylation is 1. The van der Waals surface area contributed by atoms with Crippen molar-refractivity contribution < 1.29 is 10.0 Å². The van der Waals surface area contributed by atoms with Crippen LogP contribution in [0.25, 0.3) is 0 Å². The van der Waals surface area contributed by atoms with Crippen LogP contribution in [0.4, 0.5) is 10.7 Å². The molecule has 0 spiro atoms. The third-order valence-corrected chi connectivity index (χ3v) is 4.99. The maximum atomic E-state index is 10.8. The molecule has 0 amide bonds. The molecule has 1 heterocycles. The van der Waals surface area contributed by atoms with Gasteiger partial charge in [-0.1, -0.05) is 0 Å². The molecule has 1 aromatic heterocycles. The van der Waals surface area contributed by atoms with Crippen LogP contribution in [0.1, 0.15) is 34.4 Å². The van der Waals surface area contributed by atoms with E-state index in [9.17, 15) is 20.5 Å². The lowest BCUT2D eigenvalue weighted by molar-refractivity contribution is -0.385. The highest BCUT2D eigenvalue weighted by atomic mass is 32.1. The van der Waals surface area contributed by atoms with Crippen molar-refractivity contribution in [3.05, 3.63) is 49.9 Å². The number of nitrogens with zero attached hydrogens (tertiary/aromatic N) is 3. The maximum absolute atomic E-state index is 10.8. The largest absolute Gasteiger partial charge is 0.502 e. The predicted molar refractivity (Wildman–Crippen MR) is 87.7 cm³/mol. The van der Waals surface area contributed by atoms with E-state index in [0.717, 1.165) is 31.2 Å². The van der Waals surface area contributed by atoms with Crippen LogP contribution in [0.3, 0.4) is 0 Å². The average molecular weight is 327 g/mol. The zero-order valence-corrected chi connectivity index (χ0v) is 13.0. The summed E-state index contributed by atoms with van der Waals surface area (Å²) in [4.78, 5) is 15.8. The molecule has 6 nitrogen and oxygen atoms in total. The number of aliphatic imine (C=N–C) groups is 1. The molecule has 3 rings (SSSR count). The van der Waals surface area contributed by atoms with Gasteiger partial charge in [-0.3, -0.25) is 10.1 Å². The number of fused-ring (bicyclic) bond motifs is 1. The number of thiophene rings is 1. The molecule has 1 N–H and O–H groups in total. The maximum Gasteiger partial charge on any atom is 0.311 e. The normalized spacial score (nSPS) is 13.7. The first-order chi connectivity index (χ1) is 11.1. The second-order valence-electron chi connectivity index (χ2n) is 5.27. The third-order valence-electron chi connectivity index (χ3n) is 3.79. The molecule has 1 aliphatic rings. The average Bonchev–Trinajstić information content (AvgIpc) is 2.91. The van der Waals surface area contributed by atoms with E-state index in [1.165, 1.54) is 34.6 Å². The number of hydrogen-bond acceptors (Lipinski definition) is 6. The smallest absolute Gasteiger partial charge is 0.311 e. The Bertz CT molecular complexity index is 849. The first-order valence-electron chi connectivity index (χ1n) is 7.16. The minimum absolute atomic E-state index is 0.361. The Kier molecular flexibility index (Phi) is 4.08. The van der Waals surface area contributed by atoms with Crippen LogP contribution >= 0.6 is 11.3 Å². The molecule has 116 valence electrons. The number of phenols is 1. The van der Waals surface area contributed by atoms with E-state index in [4.69, 9.17) is 0 Å². The van der Waals surface area contributed by atoms with Gasteiger partial charge in [0.25, 0.3) is 0 Å². The van der Waals surface area contributed by atoms with E-state index < -0.39 is 4.92 Å². The summed E-state index contributed by atoms with van der Waals surface area (Å²) in [7, 11) is 0. The minimum Gasteiger partial charge on any atom is -0.502 e. The number of aromatic hydroxyl groups is 1.